The molecule has 0 saturated heterocycles. The fourth-order valence-corrected chi connectivity index (χ4v) is 4.49. The molecule has 0 fully saturated rings. The summed E-state index contributed by atoms with van der Waals surface area (Å²) in [5, 5.41) is 4.96. The van der Waals surface area contributed by atoms with Gasteiger partial charge < -0.3 is 4.74 Å². The van der Waals surface area contributed by atoms with E-state index in [1.54, 1.807) is 11.8 Å². The van der Waals surface area contributed by atoms with Gasteiger partial charge in [0.2, 0.25) is 0 Å². The Morgan fingerprint density at radius 3 is 2.33 bits per heavy atom. The van der Waals surface area contributed by atoms with Crippen molar-refractivity contribution in [1.29, 1.82) is 0 Å². The van der Waals surface area contributed by atoms with Crippen LogP contribution in [-0.2, 0) is 10.5 Å². The number of nitrogens with one attached hydrogen (secondary N) is 1. The largest absolute Gasteiger partial charge is 0.444 e. The third kappa shape index (κ3) is 6.02. The van der Waals surface area contributed by atoms with Crippen molar-refractivity contribution in [1.82, 2.24) is 9.55 Å². The highest BCUT2D eigenvalue weighted by Crippen LogP contribution is 2.32. The number of aromatic nitrogens is 2. The SMILES string of the molecule is CC(C)(C)OC(=O)Nc1ccc(-n2c(SCc3ccc(Cl)cc3)nc3ccc(Cl)cc32)cc1. The standard InChI is InChI=1S/C25H23Cl2N3O2S/c1-25(2,3)32-24(31)28-19-9-11-20(12-10-19)30-22-14-18(27)8-13-21(22)29-23(30)33-15-16-4-6-17(26)7-5-16/h4-14H,15H2,1-3H3,(H,28,31). The predicted molar refractivity (Wildman–Crippen MR) is 137 cm³/mol. The van der Waals surface area contributed by atoms with E-state index in [2.05, 4.69) is 9.88 Å². The van der Waals surface area contributed by atoms with Crippen LogP contribution in [-0.4, -0.2) is 21.2 Å². The quantitative estimate of drug-likeness (QED) is 0.282. The van der Waals surface area contributed by atoms with Gasteiger partial charge in [0.1, 0.15) is 5.60 Å². The monoisotopic (exact) mass is 499 g/mol. The summed E-state index contributed by atoms with van der Waals surface area (Å²) in [5.74, 6) is 0.743. The zero-order chi connectivity index (χ0) is 23.6. The van der Waals surface area contributed by atoms with E-state index < -0.39 is 11.7 Å². The van der Waals surface area contributed by atoms with E-state index in [9.17, 15) is 4.79 Å². The Hall–Kier alpha value is -2.67. The maximum atomic E-state index is 12.1. The summed E-state index contributed by atoms with van der Waals surface area (Å²) in [6, 6.07) is 21.0. The summed E-state index contributed by atoms with van der Waals surface area (Å²) in [4.78, 5) is 16.9. The van der Waals surface area contributed by atoms with Gasteiger partial charge in [-0.1, -0.05) is 47.1 Å². The highest BCUT2D eigenvalue weighted by molar-refractivity contribution is 7.98. The Balaban J connectivity index is 1.62. The molecule has 33 heavy (non-hydrogen) atoms. The Morgan fingerprint density at radius 1 is 1.00 bits per heavy atom. The molecule has 170 valence electrons. The van der Waals surface area contributed by atoms with Crippen molar-refractivity contribution in [3.63, 3.8) is 0 Å². The lowest BCUT2D eigenvalue weighted by Gasteiger charge is -2.19. The van der Waals surface area contributed by atoms with Gasteiger partial charge in [0.15, 0.2) is 5.16 Å². The Morgan fingerprint density at radius 2 is 1.67 bits per heavy atom. The molecule has 0 bridgehead atoms. The summed E-state index contributed by atoms with van der Waals surface area (Å²) in [7, 11) is 0. The average Bonchev–Trinajstić information content (AvgIpc) is 3.10. The van der Waals surface area contributed by atoms with Crippen LogP contribution in [0.4, 0.5) is 10.5 Å². The second-order valence-corrected chi connectivity index (χ2v) is 10.3. The Labute approximate surface area is 207 Å². The second-order valence-electron chi connectivity index (χ2n) is 8.45. The molecule has 4 rings (SSSR count). The average molecular weight is 500 g/mol. The molecule has 0 aliphatic carbocycles. The van der Waals surface area contributed by atoms with Gasteiger partial charge >= 0.3 is 6.09 Å². The maximum Gasteiger partial charge on any atom is 0.412 e. The first-order valence-electron chi connectivity index (χ1n) is 10.3. The van der Waals surface area contributed by atoms with E-state index >= 15 is 0 Å². The van der Waals surface area contributed by atoms with Crippen molar-refractivity contribution in [2.45, 2.75) is 37.3 Å². The van der Waals surface area contributed by atoms with Crippen molar-refractivity contribution in [3.05, 3.63) is 82.3 Å². The molecule has 1 heterocycles. The number of carbonyl (C=O) groups is 1. The van der Waals surface area contributed by atoms with Crippen LogP contribution in [0.3, 0.4) is 0 Å². The summed E-state index contributed by atoms with van der Waals surface area (Å²) in [5.41, 5.74) is 3.91. The number of anilines is 1. The minimum absolute atomic E-state index is 0.491. The van der Waals surface area contributed by atoms with Crippen LogP contribution in [0, 0.1) is 0 Å². The van der Waals surface area contributed by atoms with E-state index in [-0.39, 0.29) is 0 Å². The van der Waals surface area contributed by atoms with Crippen molar-refractivity contribution in [3.8, 4) is 5.69 Å². The number of nitrogens with zero attached hydrogens (tertiary/aromatic N) is 2. The van der Waals surface area contributed by atoms with E-state index in [4.69, 9.17) is 32.9 Å². The number of carbonyl (C=O) groups excluding carboxylic acids is 1. The van der Waals surface area contributed by atoms with Crippen molar-refractivity contribution in [2.75, 3.05) is 5.32 Å². The van der Waals surface area contributed by atoms with Crippen molar-refractivity contribution < 1.29 is 9.53 Å². The topological polar surface area (TPSA) is 56.1 Å². The van der Waals surface area contributed by atoms with E-state index in [1.807, 2.05) is 87.5 Å². The second kappa shape index (κ2) is 9.67. The molecular weight excluding hydrogens is 477 g/mol. The van der Waals surface area contributed by atoms with Crippen LogP contribution in [0.25, 0.3) is 16.7 Å². The fourth-order valence-electron chi connectivity index (χ4n) is 3.22. The molecule has 0 aliphatic heterocycles. The Kier molecular flexibility index (Phi) is 6.88. The molecule has 0 aliphatic rings. The minimum atomic E-state index is -0.560. The first kappa shape index (κ1) is 23.5. The van der Waals surface area contributed by atoms with Crippen molar-refractivity contribution in [2.24, 2.45) is 0 Å². The van der Waals surface area contributed by atoms with Gasteiger partial charge in [-0.25, -0.2) is 9.78 Å². The molecule has 3 aromatic carbocycles. The zero-order valence-corrected chi connectivity index (χ0v) is 20.8. The number of hydrogen-bond donors (Lipinski definition) is 1. The molecule has 4 aromatic rings. The number of fused-ring (bicyclic) bond motifs is 1. The third-order valence-corrected chi connectivity index (χ3v) is 6.13. The maximum absolute atomic E-state index is 12.1. The predicted octanol–water partition coefficient (Wildman–Crippen LogP) is 7.97. The first-order chi connectivity index (χ1) is 15.7. The number of imidazole rings is 1. The number of halogens is 2. The lowest BCUT2D eigenvalue weighted by atomic mass is 10.2. The van der Waals surface area contributed by atoms with Gasteiger partial charge in [-0.05, 0) is 80.9 Å². The molecule has 0 unspecified atom stereocenters. The van der Waals surface area contributed by atoms with E-state index in [0.29, 0.717) is 15.7 Å². The summed E-state index contributed by atoms with van der Waals surface area (Å²) in [6.45, 7) is 5.48. The molecular formula is C25H23Cl2N3O2S. The molecule has 0 saturated carbocycles. The van der Waals surface area contributed by atoms with Crippen LogP contribution in [0.1, 0.15) is 26.3 Å². The van der Waals surface area contributed by atoms with Gasteiger partial charge in [0, 0.05) is 27.2 Å². The lowest BCUT2D eigenvalue weighted by molar-refractivity contribution is 0.0636. The lowest BCUT2D eigenvalue weighted by Crippen LogP contribution is -2.27. The van der Waals surface area contributed by atoms with Crippen LogP contribution in [0.2, 0.25) is 10.0 Å². The highest BCUT2D eigenvalue weighted by atomic mass is 35.5. The summed E-state index contributed by atoms with van der Waals surface area (Å²) in [6.07, 6.45) is -0.491. The van der Waals surface area contributed by atoms with Crippen LogP contribution in [0.5, 0.6) is 0 Å². The van der Waals surface area contributed by atoms with Gasteiger partial charge in [0.05, 0.1) is 11.0 Å². The van der Waals surface area contributed by atoms with Crippen LogP contribution < -0.4 is 5.32 Å². The smallest absolute Gasteiger partial charge is 0.412 e. The van der Waals surface area contributed by atoms with Gasteiger partial charge in [-0.2, -0.15) is 0 Å². The molecule has 1 amide bonds. The third-order valence-electron chi connectivity index (χ3n) is 4.64. The normalized spacial score (nSPS) is 11.5. The summed E-state index contributed by atoms with van der Waals surface area (Å²) >= 11 is 13.9. The number of ether oxygens (including phenoxy) is 1. The number of hydrogen-bond acceptors (Lipinski definition) is 4. The number of amides is 1. The highest BCUT2D eigenvalue weighted by Gasteiger charge is 2.17. The van der Waals surface area contributed by atoms with Crippen LogP contribution in [0.15, 0.2) is 71.9 Å². The molecule has 0 atom stereocenters. The van der Waals surface area contributed by atoms with E-state index in [0.717, 1.165) is 33.2 Å². The molecule has 0 spiro atoms. The molecule has 0 radical (unpaired) electrons. The van der Waals surface area contributed by atoms with Gasteiger partial charge in [-0.3, -0.25) is 9.88 Å². The van der Waals surface area contributed by atoms with E-state index in [1.165, 1.54) is 0 Å². The first-order valence-corrected chi connectivity index (χ1v) is 12.1. The fraction of sp³-hybridized carbons (Fsp3) is 0.200. The number of rotatable bonds is 5. The number of benzene rings is 3. The van der Waals surface area contributed by atoms with Crippen LogP contribution >= 0.6 is 35.0 Å². The zero-order valence-electron chi connectivity index (χ0n) is 18.4. The Bertz CT molecular complexity index is 1280. The number of thioether (sulfide) groups is 1. The molecule has 1 aromatic heterocycles. The molecule has 8 heteroatoms. The summed E-state index contributed by atoms with van der Waals surface area (Å²) < 4.78 is 7.39. The minimum Gasteiger partial charge on any atom is -0.444 e. The van der Waals surface area contributed by atoms with Gasteiger partial charge in [0.25, 0.3) is 0 Å². The molecule has 1 N–H and O–H groups in total. The van der Waals surface area contributed by atoms with Gasteiger partial charge in [-0.15, -0.1) is 0 Å². The van der Waals surface area contributed by atoms with Crippen molar-refractivity contribution >= 4 is 57.8 Å². The molecule has 5 nitrogen and oxygen atoms in total.